The second-order valence-electron chi connectivity index (χ2n) is 5.62. The monoisotopic (exact) mass is 219 g/mol. The summed E-state index contributed by atoms with van der Waals surface area (Å²) in [6.45, 7) is 7.36. The van der Waals surface area contributed by atoms with Crippen molar-refractivity contribution in [1.82, 2.24) is 0 Å². The van der Waals surface area contributed by atoms with E-state index in [1.807, 2.05) is 0 Å². The molecule has 0 aromatic heterocycles. The number of fused-ring (bicyclic) bond motifs is 1. The molecule has 2 aliphatic rings. The zero-order chi connectivity index (χ0) is 11.8. The van der Waals surface area contributed by atoms with Crippen LogP contribution in [-0.2, 0) is 4.74 Å². The van der Waals surface area contributed by atoms with Crippen LogP contribution in [0.25, 0.3) is 0 Å². The minimum absolute atomic E-state index is 0.0911. The van der Waals surface area contributed by atoms with Crippen molar-refractivity contribution in [3.63, 3.8) is 0 Å². The van der Waals surface area contributed by atoms with E-state index in [9.17, 15) is 0 Å². The van der Waals surface area contributed by atoms with Gasteiger partial charge in [0.05, 0.1) is 6.61 Å². The summed E-state index contributed by atoms with van der Waals surface area (Å²) in [7, 11) is 0. The minimum Gasteiger partial charge on any atom is -0.493 e. The summed E-state index contributed by atoms with van der Waals surface area (Å²) in [4.78, 5) is 0. The molecule has 0 spiro atoms. The summed E-state index contributed by atoms with van der Waals surface area (Å²) in [6.07, 6.45) is 8.54. The molecule has 1 atom stereocenters. The van der Waals surface area contributed by atoms with Gasteiger partial charge in [-0.2, -0.15) is 0 Å². The first-order valence-electron chi connectivity index (χ1n) is 5.98. The topological polar surface area (TPSA) is 35.2 Å². The number of ether oxygens (including phenoxy) is 1. The lowest BCUT2D eigenvalue weighted by atomic mass is 9.82. The molecule has 1 unspecified atom stereocenters. The van der Waals surface area contributed by atoms with Crippen LogP contribution in [0.5, 0.6) is 0 Å². The van der Waals surface area contributed by atoms with Crippen LogP contribution >= 0.6 is 0 Å². The molecule has 0 aromatic carbocycles. The van der Waals surface area contributed by atoms with Crippen LogP contribution in [0.3, 0.4) is 0 Å². The first-order valence-corrected chi connectivity index (χ1v) is 5.98. The van der Waals surface area contributed by atoms with Gasteiger partial charge in [0.1, 0.15) is 5.76 Å². The van der Waals surface area contributed by atoms with Crippen LogP contribution in [0, 0.1) is 5.41 Å². The first kappa shape index (κ1) is 11.5. The van der Waals surface area contributed by atoms with Gasteiger partial charge in [0.25, 0.3) is 0 Å². The molecule has 0 radical (unpaired) electrons. The van der Waals surface area contributed by atoms with Crippen LogP contribution in [0.2, 0.25) is 0 Å². The van der Waals surface area contributed by atoms with Gasteiger partial charge in [0.2, 0.25) is 0 Å². The lowest BCUT2D eigenvalue weighted by Crippen LogP contribution is -2.36. The molecule has 1 aliphatic heterocycles. The van der Waals surface area contributed by atoms with Crippen LogP contribution in [-0.4, -0.2) is 12.6 Å². The highest BCUT2D eigenvalue weighted by Crippen LogP contribution is 2.32. The van der Waals surface area contributed by atoms with Crippen molar-refractivity contribution in [1.29, 1.82) is 0 Å². The highest BCUT2D eigenvalue weighted by atomic mass is 16.5. The van der Waals surface area contributed by atoms with Gasteiger partial charge in [-0.15, -0.1) is 0 Å². The molecule has 16 heavy (non-hydrogen) atoms. The SMILES string of the molecule is CC(C)(C)C(N)C1=CCC=C2OCCC2=C1. The summed E-state index contributed by atoms with van der Waals surface area (Å²) in [5.74, 6) is 1.06. The highest BCUT2D eigenvalue weighted by molar-refractivity contribution is 5.41. The molecule has 1 fully saturated rings. The summed E-state index contributed by atoms with van der Waals surface area (Å²) in [5.41, 5.74) is 8.96. The number of hydrogen-bond donors (Lipinski definition) is 1. The van der Waals surface area contributed by atoms with Gasteiger partial charge in [-0.05, 0) is 29.1 Å². The largest absolute Gasteiger partial charge is 0.493 e. The predicted molar refractivity (Wildman–Crippen MR) is 66.9 cm³/mol. The molecule has 88 valence electrons. The van der Waals surface area contributed by atoms with E-state index < -0.39 is 0 Å². The third-order valence-corrected chi connectivity index (χ3v) is 3.24. The van der Waals surface area contributed by atoms with E-state index in [0.717, 1.165) is 25.2 Å². The first-order chi connectivity index (χ1) is 7.48. The Labute approximate surface area is 97.9 Å². The van der Waals surface area contributed by atoms with Crippen molar-refractivity contribution in [3.8, 4) is 0 Å². The smallest absolute Gasteiger partial charge is 0.118 e. The minimum atomic E-state index is 0.0911. The van der Waals surface area contributed by atoms with Crippen molar-refractivity contribution in [2.45, 2.75) is 39.7 Å². The summed E-state index contributed by atoms with van der Waals surface area (Å²) >= 11 is 0. The van der Waals surface area contributed by atoms with Crippen molar-refractivity contribution in [2.75, 3.05) is 6.61 Å². The third kappa shape index (κ3) is 2.22. The van der Waals surface area contributed by atoms with Crippen LogP contribution in [0.15, 0.2) is 35.1 Å². The molecule has 2 rings (SSSR count). The van der Waals surface area contributed by atoms with Gasteiger partial charge in [0, 0.05) is 12.5 Å². The zero-order valence-corrected chi connectivity index (χ0v) is 10.4. The van der Waals surface area contributed by atoms with Crippen molar-refractivity contribution in [2.24, 2.45) is 11.1 Å². The van der Waals surface area contributed by atoms with Crippen molar-refractivity contribution < 1.29 is 4.74 Å². The average molecular weight is 219 g/mol. The van der Waals surface area contributed by atoms with E-state index in [1.54, 1.807) is 0 Å². The number of hydrogen-bond acceptors (Lipinski definition) is 2. The Morgan fingerprint density at radius 3 is 2.75 bits per heavy atom. The predicted octanol–water partition coefficient (Wildman–Crippen LogP) is 2.92. The lowest BCUT2D eigenvalue weighted by Gasteiger charge is -2.28. The summed E-state index contributed by atoms with van der Waals surface area (Å²) in [5, 5.41) is 0. The van der Waals surface area contributed by atoms with Crippen LogP contribution in [0.1, 0.15) is 33.6 Å². The second-order valence-corrected chi connectivity index (χ2v) is 5.62. The molecular weight excluding hydrogens is 198 g/mol. The fourth-order valence-electron chi connectivity index (χ4n) is 2.10. The van der Waals surface area contributed by atoms with Crippen molar-refractivity contribution >= 4 is 0 Å². The zero-order valence-electron chi connectivity index (χ0n) is 10.4. The Bertz CT molecular complexity index is 369. The average Bonchev–Trinajstić information content (AvgIpc) is 2.53. The normalized spacial score (nSPS) is 22.4. The molecule has 1 saturated heterocycles. The molecule has 0 saturated carbocycles. The van der Waals surface area contributed by atoms with Gasteiger partial charge in [-0.3, -0.25) is 0 Å². The lowest BCUT2D eigenvalue weighted by molar-refractivity contribution is 0.265. The maximum atomic E-state index is 6.30. The maximum absolute atomic E-state index is 6.30. The molecule has 2 nitrogen and oxygen atoms in total. The second kappa shape index (κ2) is 4.10. The molecule has 2 heteroatoms. The summed E-state index contributed by atoms with van der Waals surface area (Å²) < 4.78 is 5.57. The standard InChI is InChI=1S/C14H21NO/c1-14(2,3)13(15)11-5-4-6-12-10(9-11)7-8-16-12/h5-6,9,13H,4,7-8,15H2,1-3H3. The van der Waals surface area contributed by atoms with Crippen molar-refractivity contribution in [3.05, 3.63) is 35.1 Å². The molecule has 0 aromatic rings. The van der Waals surface area contributed by atoms with E-state index in [1.165, 1.54) is 11.1 Å². The van der Waals surface area contributed by atoms with E-state index >= 15 is 0 Å². The van der Waals surface area contributed by atoms with Gasteiger partial charge < -0.3 is 10.5 Å². The molecule has 0 bridgehead atoms. The fraction of sp³-hybridized carbons (Fsp3) is 0.571. The van der Waals surface area contributed by atoms with E-state index in [0.29, 0.717) is 0 Å². The van der Waals surface area contributed by atoms with Gasteiger partial charge in [0.15, 0.2) is 0 Å². The quantitative estimate of drug-likeness (QED) is 0.736. The fourth-order valence-corrected chi connectivity index (χ4v) is 2.10. The molecule has 1 heterocycles. The van der Waals surface area contributed by atoms with E-state index in [4.69, 9.17) is 10.5 Å². The van der Waals surface area contributed by atoms with E-state index in [2.05, 4.69) is 39.0 Å². The van der Waals surface area contributed by atoms with E-state index in [-0.39, 0.29) is 11.5 Å². The Hall–Kier alpha value is -1.02. The Morgan fingerprint density at radius 2 is 2.06 bits per heavy atom. The number of allylic oxidation sites excluding steroid dienone is 3. The Balaban J connectivity index is 2.25. The summed E-state index contributed by atoms with van der Waals surface area (Å²) in [6, 6.07) is 0.0911. The molecule has 2 N–H and O–H groups in total. The Morgan fingerprint density at radius 1 is 1.31 bits per heavy atom. The molecule has 1 aliphatic carbocycles. The van der Waals surface area contributed by atoms with Crippen LogP contribution < -0.4 is 5.73 Å². The highest BCUT2D eigenvalue weighted by Gasteiger charge is 2.25. The van der Waals surface area contributed by atoms with Gasteiger partial charge in [-0.25, -0.2) is 0 Å². The molecule has 0 amide bonds. The third-order valence-electron chi connectivity index (χ3n) is 3.24. The number of nitrogens with two attached hydrogens (primary N) is 1. The maximum Gasteiger partial charge on any atom is 0.118 e. The van der Waals surface area contributed by atoms with Gasteiger partial charge >= 0.3 is 0 Å². The van der Waals surface area contributed by atoms with Gasteiger partial charge in [-0.1, -0.05) is 32.9 Å². The van der Waals surface area contributed by atoms with Crippen LogP contribution in [0.4, 0.5) is 0 Å². The molecular formula is C14H21NO. The number of rotatable bonds is 1. The Kier molecular flexibility index (Phi) is 2.94.